The van der Waals surface area contributed by atoms with Crippen molar-refractivity contribution in [1.82, 2.24) is 19.6 Å². The van der Waals surface area contributed by atoms with Crippen molar-refractivity contribution >= 4 is 11.4 Å². The average molecular weight is 274 g/mol. The standard InChI is InChI=1S/C14H22N6/c1-17(13-9-15-19(3)11-13)7-5-6-8-18(2)14-10-16-20(4)12-14/h5-6,9-12H,7-8H2,1-4H3. The number of hydrogen-bond acceptors (Lipinski definition) is 4. The first-order chi connectivity index (χ1) is 9.56. The molecule has 2 heterocycles. The molecule has 0 aromatic carbocycles. The van der Waals surface area contributed by atoms with Crippen molar-refractivity contribution < 1.29 is 0 Å². The number of rotatable bonds is 6. The molecule has 0 saturated heterocycles. The van der Waals surface area contributed by atoms with Gasteiger partial charge in [-0.05, 0) is 0 Å². The molecule has 108 valence electrons. The lowest BCUT2D eigenvalue weighted by Gasteiger charge is -2.16. The normalized spacial score (nSPS) is 11.2. The van der Waals surface area contributed by atoms with Gasteiger partial charge in [-0.25, -0.2) is 0 Å². The van der Waals surface area contributed by atoms with Crippen molar-refractivity contribution in [3.8, 4) is 0 Å². The average Bonchev–Trinajstić information content (AvgIpc) is 3.03. The minimum absolute atomic E-state index is 0.868. The van der Waals surface area contributed by atoms with Crippen LogP contribution in [-0.2, 0) is 14.1 Å². The minimum Gasteiger partial charge on any atom is -0.368 e. The van der Waals surface area contributed by atoms with Crippen LogP contribution in [-0.4, -0.2) is 46.7 Å². The molecule has 0 unspecified atom stereocenters. The first-order valence-electron chi connectivity index (χ1n) is 6.61. The van der Waals surface area contributed by atoms with E-state index in [1.807, 2.05) is 48.2 Å². The van der Waals surface area contributed by atoms with Gasteiger partial charge in [0, 0.05) is 53.7 Å². The maximum atomic E-state index is 4.17. The Kier molecular flexibility index (Phi) is 4.45. The topological polar surface area (TPSA) is 42.1 Å². The van der Waals surface area contributed by atoms with Crippen molar-refractivity contribution in [3.05, 3.63) is 36.9 Å². The quantitative estimate of drug-likeness (QED) is 0.744. The molecule has 0 aliphatic rings. The fourth-order valence-corrected chi connectivity index (χ4v) is 1.89. The van der Waals surface area contributed by atoms with Crippen molar-refractivity contribution in [2.45, 2.75) is 0 Å². The van der Waals surface area contributed by atoms with Crippen molar-refractivity contribution in [2.75, 3.05) is 37.0 Å². The van der Waals surface area contributed by atoms with Crippen LogP contribution < -0.4 is 9.80 Å². The molecule has 20 heavy (non-hydrogen) atoms. The highest BCUT2D eigenvalue weighted by Gasteiger charge is 2.02. The molecule has 2 rings (SSSR count). The number of aryl methyl sites for hydroxylation is 2. The maximum absolute atomic E-state index is 4.17. The molecule has 0 spiro atoms. The molecular weight excluding hydrogens is 252 g/mol. The largest absolute Gasteiger partial charge is 0.368 e. The molecule has 2 aromatic rings. The number of anilines is 2. The number of nitrogens with zero attached hydrogens (tertiary/aromatic N) is 6. The molecule has 2 aromatic heterocycles. The Bertz CT molecular complexity index is 517. The molecule has 0 radical (unpaired) electrons. The molecule has 0 N–H and O–H groups in total. The molecule has 0 atom stereocenters. The van der Waals surface area contributed by atoms with E-state index in [0.717, 1.165) is 24.5 Å². The molecule has 0 bridgehead atoms. The highest BCUT2D eigenvalue weighted by atomic mass is 15.3. The third kappa shape index (κ3) is 3.63. The van der Waals surface area contributed by atoms with Crippen LogP contribution in [0.25, 0.3) is 0 Å². The molecule has 6 nitrogen and oxygen atoms in total. The lowest BCUT2D eigenvalue weighted by Crippen LogP contribution is -2.18. The van der Waals surface area contributed by atoms with Crippen molar-refractivity contribution in [2.24, 2.45) is 14.1 Å². The summed E-state index contributed by atoms with van der Waals surface area (Å²) in [6, 6.07) is 0. The summed E-state index contributed by atoms with van der Waals surface area (Å²) >= 11 is 0. The fraction of sp³-hybridized carbons (Fsp3) is 0.429. The van der Waals surface area contributed by atoms with Crippen LogP contribution in [0.1, 0.15) is 0 Å². The molecule has 0 saturated carbocycles. The van der Waals surface area contributed by atoms with E-state index in [1.54, 1.807) is 0 Å². The highest BCUT2D eigenvalue weighted by molar-refractivity contribution is 5.43. The van der Waals surface area contributed by atoms with Gasteiger partial charge in [0.05, 0.1) is 23.8 Å². The van der Waals surface area contributed by atoms with Crippen molar-refractivity contribution in [1.29, 1.82) is 0 Å². The second kappa shape index (κ2) is 6.27. The van der Waals surface area contributed by atoms with Crippen LogP contribution in [0, 0.1) is 0 Å². The Labute approximate surface area is 119 Å². The molecule has 0 aliphatic heterocycles. The first kappa shape index (κ1) is 14.2. The van der Waals surface area contributed by atoms with Gasteiger partial charge in [0.25, 0.3) is 0 Å². The van der Waals surface area contributed by atoms with Gasteiger partial charge < -0.3 is 9.80 Å². The van der Waals surface area contributed by atoms with Gasteiger partial charge in [-0.2, -0.15) is 10.2 Å². The van der Waals surface area contributed by atoms with Gasteiger partial charge in [-0.3, -0.25) is 9.36 Å². The number of aromatic nitrogens is 4. The Hall–Kier alpha value is -2.24. The lowest BCUT2D eigenvalue weighted by molar-refractivity contribution is 0.767. The van der Waals surface area contributed by atoms with Crippen molar-refractivity contribution in [3.63, 3.8) is 0 Å². The minimum atomic E-state index is 0.868. The van der Waals surface area contributed by atoms with E-state index in [4.69, 9.17) is 0 Å². The van der Waals surface area contributed by atoms with E-state index >= 15 is 0 Å². The summed E-state index contributed by atoms with van der Waals surface area (Å²) in [5.74, 6) is 0. The molecule has 0 amide bonds. The zero-order valence-corrected chi connectivity index (χ0v) is 12.6. The SMILES string of the molecule is CN(CC=CCN(C)c1cnn(C)c1)c1cnn(C)c1. The van der Waals surface area contributed by atoms with E-state index in [9.17, 15) is 0 Å². The van der Waals surface area contributed by atoms with Crippen LogP contribution >= 0.6 is 0 Å². The molecular formula is C14H22N6. The summed E-state index contributed by atoms with van der Waals surface area (Å²) in [7, 11) is 7.98. The number of likely N-dealkylation sites (N-methyl/N-ethyl adjacent to an activating group) is 2. The van der Waals surface area contributed by atoms with E-state index in [1.165, 1.54) is 0 Å². The van der Waals surface area contributed by atoms with Gasteiger partial charge in [0.15, 0.2) is 0 Å². The zero-order valence-electron chi connectivity index (χ0n) is 12.6. The summed E-state index contributed by atoms with van der Waals surface area (Å²) in [5, 5.41) is 8.34. The van der Waals surface area contributed by atoms with Crippen LogP contribution in [0.5, 0.6) is 0 Å². The molecule has 0 aliphatic carbocycles. The van der Waals surface area contributed by atoms with E-state index in [0.29, 0.717) is 0 Å². The predicted octanol–water partition coefficient (Wildman–Crippen LogP) is 1.28. The van der Waals surface area contributed by atoms with E-state index in [-0.39, 0.29) is 0 Å². The maximum Gasteiger partial charge on any atom is 0.0752 e. The summed E-state index contributed by atoms with van der Waals surface area (Å²) in [6.45, 7) is 1.74. The summed E-state index contributed by atoms with van der Waals surface area (Å²) in [5.41, 5.74) is 2.25. The van der Waals surface area contributed by atoms with E-state index in [2.05, 4.69) is 46.2 Å². The van der Waals surface area contributed by atoms with Gasteiger partial charge >= 0.3 is 0 Å². The van der Waals surface area contributed by atoms with Gasteiger partial charge in [0.1, 0.15) is 0 Å². The first-order valence-corrected chi connectivity index (χ1v) is 6.61. The Morgan fingerprint density at radius 3 is 1.60 bits per heavy atom. The smallest absolute Gasteiger partial charge is 0.0752 e. The second-order valence-corrected chi connectivity index (χ2v) is 4.98. The predicted molar refractivity (Wildman–Crippen MR) is 82.1 cm³/mol. The Morgan fingerprint density at radius 1 is 0.900 bits per heavy atom. The van der Waals surface area contributed by atoms with Gasteiger partial charge in [-0.1, -0.05) is 12.2 Å². The van der Waals surface area contributed by atoms with Gasteiger partial charge in [0.2, 0.25) is 0 Å². The third-order valence-electron chi connectivity index (χ3n) is 3.19. The highest BCUT2D eigenvalue weighted by Crippen LogP contribution is 2.10. The summed E-state index contributed by atoms with van der Waals surface area (Å²) in [6.07, 6.45) is 12.1. The van der Waals surface area contributed by atoms with Crippen LogP contribution in [0.4, 0.5) is 11.4 Å². The fourth-order valence-electron chi connectivity index (χ4n) is 1.89. The second-order valence-electron chi connectivity index (χ2n) is 4.98. The summed E-state index contributed by atoms with van der Waals surface area (Å²) in [4.78, 5) is 4.32. The molecule has 6 heteroatoms. The van der Waals surface area contributed by atoms with E-state index < -0.39 is 0 Å². The number of hydrogen-bond donors (Lipinski definition) is 0. The van der Waals surface area contributed by atoms with Crippen LogP contribution in [0.2, 0.25) is 0 Å². The third-order valence-corrected chi connectivity index (χ3v) is 3.19. The zero-order chi connectivity index (χ0) is 14.5. The van der Waals surface area contributed by atoms with Gasteiger partial charge in [-0.15, -0.1) is 0 Å². The lowest BCUT2D eigenvalue weighted by atomic mass is 10.4. The van der Waals surface area contributed by atoms with Crippen LogP contribution in [0.3, 0.4) is 0 Å². The Balaban J connectivity index is 1.79. The Morgan fingerprint density at radius 2 is 1.30 bits per heavy atom. The summed E-state index contributed by atoms with van der Waals surface area (Å²) < 4.78 is 3.62. The van der Waals surface area contributed by atoms with Crippen LogP contribution in [0.15, 0.2) is 36.9 Å². The molecule has 0 fully saturated rings. The monoisotopic (exact) mass is 274 g/mol.